The molecule has 0 saturated heterocycles. The Morgan fingerprint density at radius 1 is 1.17 bits per heavy atom. The minimum absolute atomic E-state index is 0.240. The summed E-state index contributed by atoms with van der Waals surface area (Å²) in [6, 6.07) is 8.07. The first-order valence-electron chi connectivity index (χ1n) is 5.86. The first kappa shape index (κ1) is 12.2. The number of ether oxygens (including phenoxy) is 1. The average Bonchev–Trinajstić information content (AvgIpc) is 2.42. The van der Waals surface area contributed by atoms with E-state index in [0.717, 1.165) is 12.8 Å². The van der Waals surface area contributed by atoms with Gasteiger partial charge in [-0.25, -0.2) is 9.97 Å². The maximum absolute atomic E-state index is 10.5. The van der Waals surface area contributed by atoms with Crippen molar-refractivity contribution in [2.24, 2.45) is 0 Å². The average molecular weight is 242 g/mol. The predicted octanol–water partition coefficient (Wildman–Crippen LogP) is 3.03. The van der Waals surface area contributed by atoms with Crippen molar-refractivity contribution in [2.75, 3.05) is 0 Å². The van der Waals surface area contributed by atoms with Gasteiger partial charge in [-0.3, -0.25) is 4.79 Å². The van der Waals surface area contributed by atoms with Gasteiger partial charge in [0, 0.05) is 12.4 Å². The van der Waals surface area contributed by atoms with Gasteiger partial charge >= 0.3 is 6.01 Å². The van der Waals surface area contributed by atoms with E-state index in [2.05, 4.69) is 16.9 Å². The van der Waals surface area contributed by atoms with Crippen LogP contribution in [0.15, 0.2) is 36.7 Å². The third-order valence-corrected chi connectivity index (χ3v) is 2.46. The van der Waals surface area contributed by atoms with E-state index in [9.17, 15) is 4.79 Å². The van der Waals surface area contributed by atoms with Crippen LogP contribution < -0.4 is 4.74 Å². The lowest BCUT2D eigenvalue weighted by Crippen LogP contribution is -1.93. The highest BCUT2D eigenvalue weighted by atomic mass is 16.5. The number of nitrogens with zero attached hydrogens (tertiary/aromatic N) is 2. The maximum Gasteiger partial charge on any atom is 0.321 e. The molecule has 4 nitrogen and oxygen atoms in total. The summed E-state index contributed by atoms with van der Waals surface area (Å²) < 4.78 is 5.47. The van der Waals surface area contributed by atoms with Gasteiger partial charge in [-0.15, -0.1) is 0 Å². The van der Waals surface area contributed by atoms with E-state index >= 15 is 0 Å². The first-order valence-corrected chi connectivity index (χ1v) is 5.86. The van der Waals surface area contributed by atoms with E-state index in [4.69, 9.17) is 4.74 Å². The number of rotatable bonds is 5. The molecule has 0 aliphatic carbocycles. The topological polar surface area (TPSA) is 52.1 Å². The molecule has 0 unspecified atom stereocenters. The van der Waals surface area contributed by atoms with Crippen LogP contribution in [0.4, 0.5) is 0 Å². The van der Waals surface area contributed by atoms with E-state index in [1.165, 1.54) is 18.0 Å². The molecule has 0 aliphatic heterocycles. The number of hydrogen-bond donors (Lipinski definition) is 0. The van der Waals surface area contributed by atoms with Gasteiger partial charge in [0.15, 0.2) is 6.29 Å². The molecular weight excluding hydrogens is 228 g/mol. The van der Waals surface area contributed by atoms with Crippen LogP contribution >= 0.6 is 0 Å². The van der Waals surface area contributed by atoms with Gasteiger partial charge < -0.3 is 4.74 Å². The monoisotopic (exact) mass is 242 g/mol. The van der Waals surface area contributed by atoms with Crippen molar-refractivity contribution >= 4 is 6.29 Å². The minimum Gasteiger partial charge on any atom is -0.424 e. The third-order valence-electron chi connectivity index (χ3n) is 2.46. The van der Waals surface area contributed by atoms with Crippen LogP contribution in [0.2, 0.25) is 0 Å². The summed E-state index contributed by atoms with van der Waals surface area (Å²) in [6.45, 7) is 2.15. The fourth-order valence-electron chi connectivity index (χ4n) is 1.56. The molecule has 0 atom stereocenters. The van der Waals surface area contributed by atoms with Gasteiger partial charge in [0.05, 0.1) is 5.56 Å². The van der Waals surface area contributed by atoms with Crippen LogP contribution in [0.3, 0.4) is 0 Å². The summed E-state index contributed by atoms with van der Waals surface area (Å²) in [6.07, 6.45) is 5.74. The Morgan fingerprint density at radius 3 is 2.39 bits per heavy atom. The Bertz CT molecular complexity index is 506. The SMILES string of the molecule is CCCc1ccc(Oc2ncc(C=O)cn2)cc1. The molecule has 1 heterocycles. The molecule has 0 radical (unpaired) electrons. The van der Waals surface area contributed by atoms with Crippen LogP contribution in [-0.2, 0) is 6.42 Å². The van der Waals surface area contributed by atoms with E-state index in [1.807, 2.05) is 24.3 Å². The molecule has 0 saturated carbocycles. The van der Waals surface area contributed by atoms with Crippen LogP contribution in [0.1, 0.15) is 29.3 Å². The molecular formula is C14H14N2O2. The van der Waals surface area contributed by atoms with E-state index in [1.54, 1.807) is 0 Å². The lowest BCUT2D eigenvalue weighted by atomic mass is 10.1. The molecule has 1 aromatic heterocycles. The molecule has 4 heteroatoms. The Morgan fingerprint density at radius 2 is 1.83 bits per heavy atom. The molecule has 2 rings (SSSR count). The quantitative estimate of drug-likeness (QED) is 0.756. The van der Waals surface area contributed by atoms with Crippen molar-refractivity contribution in [3.05, 3.63) is 47.8 Å². The number of aromatic nitrogens is 2. The Kier molecular flexibility index (Phi) is 4.02. The van der Waals surface area contributed by atoms with Gasteiger partial charge in [-0.2, -0.15) is 0 Å². The fourth-order valence-corrected chi connectivity index (χ4v) is 1.56. The number of aryl methyl sites for hydroxylation is 1. The molecule has 2 aromatic rings. The summed E-state index contributed by atoms with van der Waals surface area (Å²) in [4.78, 5) is 18.3. The summed E-state index contributed by atoms with van der Waals surface area (Å²) >= 11 is 0. The molecule has 0 amide bonds. The number of carbonyl (C=O) groups is 1. The lowest BCUT2D eigenvalue weighted by Gasteiger charge is -2.04. The Balaban J connectivity index is 2.05. The second-order valence-electron chi connectivity index (χ2n) is 3.91. The number of benzene rings is 1. The number of carbonyl (C=O) groups excluding carboxylic acids is 1. The number of aldehydes is 1. The largest absolute Gasteiger partial charge is 0.424 e. The highest BCUT2D eigenvalue weighted by molar-refractivity contribution is 5.73. The van der Waals surface area contributed by atoms with Gasteiger partial charge in [0.25, 0.3) is 0 Å². The number of hydrogen-bond acceptors (Lipinski definition) is 4. The van der Waals surface area contributed by atoms with Crippen molar-refractivity contribution in [3.8, 4) is 11.8 Å². The molecule has 0 aliphatic rings. The summed E-state index contributed by atoms with van der Waals surface area (Å²) in [5.41, 5.74) is 1.71. The normalized spacial score (nSPS) is 10.1. The lowest BCUT2D eigenvalue weighted by molar-refractivity contribution is 0.112. The van der Waals surface area contributed by atoms with Crippen molar-refractivity contribution in [3.63, 3.8) is 0 Å². The fraction of sp³-hybridized carbons (Fsp3) is 0.214. The van der Waals surface area contributed by atoms with E-state index in [0.29, 0.717) is 17.6 Å². The molecule has 18 heavy (non-hydrogen) atoms. The Labute approximate surface area is 106 Å². The van der Waals surface area contributed by atoms with Gasteiger partial charge in [0.1, 0.15) is 5.75 Å². The van der Waals surface area contributed by atoms with Crippen LogP contribution in [0.5, 0.6) is 11.8 Å². The van der Waals surface area contributed by atoms with Crippen molar-refractivity contribution in [1.29, 1.82) is 0 Å². The highest BCUT2D eigenvalue weighted by Crippen LogP contribution is 2.18. The predicted molar refractivity (Wildman–Crippen MR) is 67.9 cm³/mol. The summed E-state index contributed by atoms with van der Waals surface area (Å²) in [5, 5.41) is 0. The molecule has 0 spiro atoms. The van der Waals surface area contributed by atoms with E-state index < -0.39 is 0 Å². The molecule has 0 fully saturated rings. The van der Waals surface area contributed by atoms with Gasteiger partial charge in [-0.05, 0) is 24.1 Å². The summed E-state index contributed by atoms with van der Waals surface area (Å²) in [5.74, 6) is 0.689. The molecule has 0 bridgehead atoms. The van der Waals surface area contributed by atoms with Gasteiger partial charge in [-0.1, -0.05) is 25.5 Å². The highest BCUT2D eigenvalue weighted by Gasteiger charge is 2.00. The second kappa shape index (κ2) is 5.91. The van der Waals surface area contributed by atoms with Crippen molar-refractivity contribution in [2.45, 2.75) is 19.8 Å². The standard InChI is InChI=1S/C14H14N2O2/c1-2-3-11-4-6-13(7-5-11)18-14-15-8-12(10-17)9-16-14/h4-10H,2-3H2,1H3. The van der Waals surface area contributed by atoms with Crippen LogP contribution in [0.25, 0.3) is 0 Å². The molecule has 92 valence electrons. The van der Waals surface area contributed by atoms with E-state index in [-0.39, 0.29) is 6.01 Å². The zero-order valence-electron chi connectivity index (χ0n) is 10.2. The molecule has 0 N–H and O–H groups in total. The van der Waals surface area contributed by atoms with Crippen molar-refractivity contribution < 1.29 is 9.53 Å². The second-order valence-corrected chi connectivity index (χ2v) is 3.91. The van der Waals surface area contributed by atoms with Crippen LogP contribution in [0, 0.1) is 0 Å². The third kappa shape index (κ3) is 3.13. The summed E-state index contributed by atoms with van der Waals surface area (Å²) in [7, 11) is 0. The van der Waals surface area contributed by atoms with Crippen LogP contribution in [-0.4, -0.2) is 16.3 Å². The zero-order valence-corrected chi connectivity index (χ0v) is 10.2. The van der Waals surface area contributed by atoms with Gasteiger partial charge in [0.2, 0.25) is 0 Å². The first-order chi connectivity index (χ1) is 8.81. The smallest absolute Gasteiger partial charge is 0.321 e. The van der Waals surface area contributed by atoms with Crippen molar-refractivity contribution in [1.82, 2.24) is 9.97 Å². The molecule has 1 aromatic carbocycles. The minimum atomic E-state index is 0.240. The zero-order chi connectivity index (χ0) is 12.8. The maximum atomic E-state index is 10.5. The Hall–Kier alpha value is -2.23.